The Morgan fingerprint density at radius 2 is 1.81 bits per heavy atom. The smallest absolute Gasteiger partial charge is 0.338 e. The molecule has 2 aromatic rings. The molecular formula is C14H10ClFN2O3. The zero-order chi connectivity index (χ0) is 15.4. The number of carboxylic acid groups (broad SMARTS) is 1. The molecule has 2 aromatic carbocycles. The molecule has 0 saturated carbocycles. The maximum Gasteiger partial charge on any atom is 0.338 e. The Balaban J connectivity index is 2.12. The fourth-order valence-electron chi connectivity index (χ4n) is 1.61. The Kier molecular flexibility index (Phi) is 4.39. The predicted molar refractivity (Wildman–Crippen MR) is 77.5 cm³/mol. The number of hydrogen-bond acceptors (Lipinski definition) is 2. The summed E-state index contributed by atoms with van der Waals surface area (Å²) in [6.07, 6.45) is 0. The number of aromatic carboxylic acids is 1. The molecule has 0 unspecified atom stereocenters. The summed E-state index contributed by atoms with van der Waals surface area (Å²) in [6.45, 7) is 0. The number of carbonyl (C=O) groups excluding carboxylic acids is 1. The summed E-state index contributed by atoms with van der Waals surface area (Å²) < 4.78 is 13.2. The number of urea groups is 1. The van der Waals surface area contributed by atoms with Gasteiger partial charge in [-0.1, -0.05) is 23.7 Å². The Morgan fingerprint density at radius 3 is 2.48 bits per heavy atom. The van der Waals surface area contributed by atoms with Crippen molar-refractivity contribution in [2.45, 2.75) is 0 Å². The molecule has 0 atom stereocenters. The van der Waals surface area contributed by atoms with Crippen molar-refractivity contribution in [3.8, 4) is 0 Å². The van der Waals surface area contributed by atoms with E-state index in [4.69, 9.17) is 16.7 Å². The predicted octanol–water partition coefficient (Wildman–Crippen LogP) is 3.82. The molecule has 7 heteroatoms. The number of rotatable bonds is 3. The maximum atomic E-state index is 13.2. The number of benzene rings is 2. The van der Waals surface area contributed by atoms with E-state index in [0.29, 0.717) is 10.7 Å². The van der Waals surface area contributed by atoms with Gasteiger partial charge in [0.1, 0.15) is 5.82 Å². The highest BCUT2D eigenvalue weighted by molar-refractivity contribution is 6.33. The molecule has 0 aliphatic rings. The molecule has 108 valence electrons. The number of hydrogen-bond donors (Lipinski definition) is 3. The Morgan fingerprint density at radius 1 is 1.10 bits per heavy atom. The van der Waals surface area contributed by atoms with Crippen LogP contribution in [0.2, 0.25) is 5.02 Å². The zero-order valence-electron chi connectivity index (χ0n) is 10.6. The van der Waals surface area contributed by atoms with Gasteiger partial charge >= 0.3 is 12.0 Å². The Labute approximate surface area is 124 Å². The molecule has 0 aliphatic heterocycles. The van der Waals surface area contributed by atoms with Gasteiger partial charge in [-0.15, -0.1) is 0 Å². The van der Waals surface area contributed by atoms with E-state index in [1.165, 1.54) is 6.07 Å². The second-order valence-electron chi connectivity index (χ2n) is 4.06. The summed E-state index contributed by atoms with van der Waals surface area (Å²) in [7, 11) is 0. The monoisotopic (exact) mass is 308 g/mol. The lowest BCUT2D eigenvalue weighted by atomic mass is 10.2. The van der Waals surface area contributed by atoms with E-state index < -0.39 is 23.4 Å². The number of amides is 2. The molecule has 0 spiro atoms. The molecule has 21 heavy (non-hydrogen) atoms. The standard InChI is InChI=1S/C14H10ClFN2O3/c15-10-3-1-2-4-12(10)18-14(21)17-8-5-6-11(16)9(7-8)13(19)20/h1-7H,(H,19,20)(H2,17,18,21). The fraction of sp³-hybridized carbons (Fsp3) is 0. The maximum absolute atomic E-state index is 13.2. The van der Waals surface area contributed by atoms with Gasteiger partial charge in [-0.2, -0.15) is 0 Å². The van der Waals surface area contributed by atoms with Crippen LogP contribution in [-0.2, 0) is 0 Å². The molecule has 2 amide bonds. The molecule has 0 saturated heterocycles. The number of carbonyl (C=O) groups is 2. The SMILES string of the molecule is O=C(Nc1ccc(F)c(C(=O)O)c1)Nc1ccccc1Cl. The molecular weight excluding hydrogens is 299 g/mol. The molecule has 2 rings (SSSR count). The van der Waals surface area contributed by atoms with E-state index in [1.54, 1.807) is 24.3 Å². The first-order valence-electron chi connectivity index (χ1n) is 5.83. The van der Waals surface area contributed by atoms with Crippen molar-refractivity contribution in [2.75, 3.05) is 10.6 Å². The quantitative estimate of drug-likeness (QED) is 0.806. The minimum Gasteiger partial charge on any atom is -0.478 e. The third kappa shape index (κ3) is 3.70. The van der Waals surface area contributed by atoms with Crippen LogP contribution >= 0.6 is 11.6 Å². The van der Waals surface area contributed by atoms with Gasteiger partial charge in [0, 0.05) is 5.69 Å². The topological polar surface area (TPSA) is 78.4 Å². The van der Waals surface area contributed by atoms with Gasteiger partial charge in [-0.3, -0.25) is 0 Å². The zero-order valence-corrected chi connectivity index (χ0v) is 11.3. The molecule has 0 heterocycles. The highest BCUT2D eigenvalue weighted by Crippen LogP contribution is 2.21. The van der Waals surface area contributed by atoms with Gasteiger partial charge in [-0.05, 0) is 30.3 Å². The van der Waals surface area contributed by atoms with Gasteiger partial charge in [0.2, 0.25) is 0 Å². The van der Waals surface area contributed by atoms with Crippen LogP contribution in [0.15, 0.2) is 42.5 Å². The van der Waals surface area contributed by atoms with Crippen LogP contribution in [0.5, 0.6) is 0 Å². The summed E-state index contributed by atoms with van der Waals surface area (Å²) in [4.78, 5) is 22.6. The van der Waals surface area contributed by atoms with Gasteiger partial charge in [0.25, 0.3) is 0 Å². The molecule has 0 fully saturated rings. The number of para-hydroxylation sites is 1. The lowest BCUT2D eigenvalue weighted by molar-refractivity contribution is 0.0692. The first kappa shape index (κ1) is 14.8. The molecule has 3 N–H and O–H groups in total. The third-order valence-electron chi connectivity index (χ3n) is 2.58. The number of carboxylic acids is 1. The molecule has 0 bridgehead atoms. The van der Waals surface area contributed by atoms with Crippen molar-refractivity contribution in [1.29, 1.82) is 0 Å². The van der Waals surface area contributed by atoms with Crippen molar-refractivity contribution in [2.24, 2.45) is 0 Å². The minimum absolute atomic E-state index is 0.151. The summed E-state index contributed by atoms with van der Waals surface area (Å²) in [6, 6.07) is 9.26. The van der Waals surface area contributed by atoms with Crippen LogP contribution in [0.25, 0.3) is 0 Å². The van der Waals surface area contributed by atoms with Crippen LogP contribution in [0.1, 0.15) is 10.4 Å². The van der Waals surface area contributed by atoms with E-state index >= 15 is 0 Å². The highest BCUT2D eigenvalue weighted by Gasteiger charge is 2.12. The highest BCUT2D eigenvalue weighted by atomic mass is 35.5. The lowest BCUT2D eigenvalue weighted by Gasteiger charge is -2.09. The van der Waals surface area contributed by atoms with E-state index in [1.807, 2.05) is 0 Å². The summed E-state index contributed by atoms with van der Waals surface area (Å²) >= 11 is 5.89. The van der Waals surface area contributed by atoms with Crippen LogP contribution in [-0.4, -0.2) is 17.1 Å². The molecule has 0 radical (unpaired) electrons. The molecule has 0 aliphatic carbocycles. The van der Waals surface area contributed by atoms with Crippen LogP contribution in [0, 0.1) is 5.82 Å². The summed E-state index contributed by atoms with van der Waals surface area (Å²) in [5.41, 5.74) is 0.0288. The number of nitrogens with one attached hydrogen (secondary N) is 2. The van der Waals surface area contributed by atoms with E-state index in [2.05, 4.69) is 10.6 Å². The molecule has 5 nitrogen and oxygen atoms in total. The first-order valence-corrected chi connectivity index (χ1v) is 6.20. The van der Waals surface area contributed by atoms with Gasteiger partial charge in [0.15, 0.2) is 0 Å². The lowest BCUT2D eigenvalue weighted by Crippen LogP contribution is -2.20. The third-order valence-corrected chi connectivity index (χ3v) is 2.91. The van der Waals surface area contributed by atoms with E-state index in [9.17, 15) is 14.0 Å². The number of halogens is 2. The number of anilines is 2. The fourth-order valence-corrected chi connectivity index (χ4v) is 1.80. The van der Waals surface area contributed by atoms with Crippen molar-refractivity contribution < 1.29 is 19.1 Å². The molecule has 0 aromatic heterocycles. The van der Waals surface area contributed by atoms with Crippen LogP contribution in [0.4, 0.5) is 20.6 Å². The minimum atomic E-state index is -1.41. The van der Waals surface area contributed by atoms with Gasteiger partial charge < -0.3 is 15.7 Å². The Hall–Kier alpha value is -2.60. The van der Waals surface area contributed by atoms with Crippen LogP contribution < -0.4 is 10.6 Å². The second-order valence-corrected chi connectivity index (χ2v) is 4.47. The van der Waals surface area contributed by atoms with Crippen molar-refractivity contribution in [1.82, 2.24) is 0 Å². The average Bonchev–Trinajstić information content (AvgIpc) is 2.43. The van der Waals surface area contributed by atoms with Crippen molar-refractivity contribution in [3.63, 3.8) is 0 Å². The normalized spacial score (nSPS) is 10.0. The first-order chi connectivity index (χ1) is 9.97. The summed E-state index contributed by atoms with van der Waals surface area (Å²) in [5, 5.41) is 14.1. The van der Waals surface area contributed by atoms with E-state index in [0.717, 1.165) is 12.1 Å². The van der Waals surface area contributed by atoms with E-state index in [-0.39, 0.29) is 5.69 Å². The average molecular weight is 309 g/mol. The second kappa shape index (κ2) is 6.23. The van der Waals surface area contributed by atoms with Crippen molar-refractivity contribution >= 4 is 35.0 Å². The summed E-state index contributed by atoms with van der Waals surface area (Å²) in [5.74, 6) is -2.29. The van der Waals surface area contributed by atoms with Crippen molar-refractivity contribution in [3.05, 3.63) is 58.9 Å². The van der Waals surface area contributed by atoms with Crippen LogP contribution in [0.3, 0.4) is 0 Å². The van der Waals surface area contributed by atoms with Gasteiger partial charge in [-0.25, -0.2) is 14.0 Å². The Bertz CT molecular complexity index is 706. The van der Waals surface area contributed by atoms with Gasteiger partial charge in [0.05, 0.1) is 16.3 Å². The largest absolute Gasteiger partial charge is 0.478 e.